The zero-order chi connectivity index (χ0) is 9.02. The minimum atomic E-state index is -1.26. The van der Waals surface area contributed by atoms with Crippen LogP contribution in [0.5, 0.6) is 0 Å². The number of aliphatic carboxylic acids is 2. The quantitative estimate of drug-likeness (QED) is 0.466. The van der Waals surface area contributed by atoms with Crippen molar-refractivity contribution >= 4 is 23.7 Å². The molecule has 4 nitrogen and oxygen atoms in total. The molecule has 0 spiro atoms. The van der Waals surface area contributed by atoms with Crippen molar-refractivity contribution in [2.24, 2.45) is 0 Å². The number of hydrogen-bond acceptors (Lipinski definition) is 5. The second-order valence-corrected chi connectivity index (χ2v) is 3.74. The summed E-state index contributed by atoms with van der Waals surface area (Å²) >= 11 is 0.792. The van der Waals surface area contributed by atoms with E-state index in [2.05, 4.69) is 0 Å². The third-order valence-corrected chi connectivity index (χ3v) is 2.27. The first-order valence-electron chi connectivity index (χ1n) is 3.02. The zero-order valence-electron chi connectivity index (χ0n) is 8.20. The molecule has 0 bridgehead atoms. The minimum absolute atomic E-state index is 0. The van der Waals surface area contributed by atoms with Gasteiger partial charge in [0, 0.05) is 10.5 Å². The third-order valence-electron chi connectivity index (χ3n) is 1.07. The summed E-state index contributed by atoms with van der Waals surface area (Å²) in [5.41, 5.74) is 0. The summed E-state index contributed by atoms with van der Waals surface area (Å²) in [7, 11) is 0. The Morgan fingerprint density at radius 1 is 1.00 bits per heavy atom. The van der Waals surface area contributed by atoms with E-state index in [9.17, 15) is 19.8 Å². The standard InChI is InChI=1S/C6H10O4S.2K/c1-3(5(7)8)11-4(2)6(9)10;;/h3-4H,1-2H3,(H,7,8)(H,9,10);;/q;2*+1/p-2. The second kappa shape index (κ2) is 11.1. The maximum Gasteiger partial charge on any atom is 1.00 e. The molecule has 0 N–H and O–H groups in total. The van der Waals surface area contributed by atoms with Crippen LogP contribution in [0.3, 0.4) is 0 Å². The summed E-state index contributed by atoms with van der Waals surface area (Å²) < 4.78 is 0. The van der Waals surface area contributed by atoms with Gasteiger partial charge in [0.25, 0.3) is 0 Å². The molecule has 0 aliphatic heterocycles. The molecule has 13 heavy (non-hydrogen) atoms. The Balaban J connectivity index is -0.000000500. The first kappa shape index (κ1) is 20.9. The molecule has 0 aliphatic carbocycles. The topological polar surface area (TPSA) is 80.3 Å². The summed E-state index contributed by atoms with van der Waals surface area (Å²) in [6, 6.07) is 0. The molecule has 2 atom stereocenters. The van der Waals surface area contributed by atoms with Gasteiger partial charge in [0.2, 0.25) is 0 Å². The Bertz CT molecular complexity index is 158. The molecular weight excluding hydrogens is 246 g/mol. The fourth-order valence-electron chi connectivity index (χ4n) is 0.417. The van der Waals surface area contributed by atoms with Crippen molar-refractivity contribution in [2.75, 3.05) is 0 Å². The van der Waals surface area contributed by atoms with E-state index in [1.807, 2.05) is 0 Å². The summed E-state index contributed by atoms with van der Waals surface area (Å²) in [6.07, 6.45) is 0. The van der Waals surface area contributed by atoms with Crippen molar-refractivity contribution in [1.82, 2.24) is 0 Å². The number of thioether (sulfide) groups is 1. The molecule has 0 aromatic carbocycles. The predicted octanol–water partition coefficient (Wildman–Crippen LogP) is -8.00. The van der Waals surface area contributed by atoms with Gasteiger partial charge in [-0.1, -0.05) is 0 Å². The summed E-state index contributed by atoms with van der Waals surface area (Å²) in [5.74, 6) is -2.52. The molecule has 0 saturated heterocycles. The van der Waals surface area contributed by atoms with Crippen LogP contribution < -0.4 is 113 Å². The van der Waals surface area contributed by atoms with Gasteiger partial charge in [-0.15, -0.1) is 11.8 Å². The van der Waals surface area contributed by atoms with E-state index in [0.717, 1.165) is 11.8 Å². The van der Waals surface area contributed by atoms with Gasteiger partial charge >= 0.3 is 103 Å². The van der Waals surface area contributed by atoms with Crippen molar-refractivity contribution in [3.05, 3.63) is 0 Å². The maximum atomic E-state index is 10.1. The molecular formula is C6H8K2O4S. The van der Waals surface area contributed by atoms with Crippen LogP contribution in [0, 0.1) is 0 Å². The summed E-state index contributed by atoms with van der Waals surface area (Å²) in [6.45, 7) is 2.75. The second-order valence-electron chi connectivity index (χ2n) is 2.06. The Hall–Kier alpha value is 2.56. The van der Waals surface area contributed by atoms with Crippen LogP contribution in [0.4, 0.5) is 0 Å². The Morgan fingerprint density at radius 2 is 1.23 bits per heavy atom. The Labute approximate surface area is 166 Å². The van der Waals surface area contributed by atoms with Crippen molar-refractivity contribution < 1.29 is 123 Å². The van der Waals surface area contributed by atoms with E-state index in [-0.39, 0.29) is 103 Å². The van der Waals surface area contributed by atoms with Crippen molar-refractivity contribution in [3.63, 3.8) is 0 Å². The molecule has 0 rings (SSSR count). The smallest absolute Gasteiger partial charge is 0.549 e. The first-order chi connectivity index (χ1) is 4.95. The normalized spacial score (nSPS) is 13.1. The van der Waals surface area contributed by atoms with E-state index in [1.54, 1.807) is 0 Å². The van der Waals surface area contributed by atoms with Crippen LogP contribution in [0.15, 0.2) is 0 Å². The van der Waals surface area contributed by atoms with Gasteiger partial charge in [-0.25, -0.2) is 0 Å². The zero-order valence-corrected chi connectivity index (χ0v) is 15.3. The monoisotopic (exact) mass is 254 g/mol. The predicted molar refractivity (Wildman–Crippen MR) is 36.5 cm³/mol. The Morgan fingerprint density at radius 3 is 1.38 bits per heavy atom. The van der Waals surface area contributed by atoms with Gasteiger partial charge in [0.1, 0.15) is 0 Å². The van der Waals surface area contributed by atoms with Gasteiger partial charge < -0.3 is 19.8 Å². The SMILES string of the molecule is CC(SC(C)C(=O)[O-])C(=O)[O-].[K+].[K+]. The van der Waals surface area contributed by atoms with E-state index in [4.69, 9.17) is 0 Å². The van der Waals surface area contributed by atoms with Crippen LogP contribution >= 0.6 is 11.8 Å². The van der Waals surface area contributed by atoms with Gasteiger partial charge in [-0.2, -0.15) is 0 Å². The summed E-state index contributed by atoms with van der Waals surface area (Å²) in [4.78, 5) is 20.2. The van der Waals surface area contributed by atoms with Crippen molar-refractivity contribution in [2.45, 2.75) is 24.3 Å². The molecule has 0 heterocycles. The van der Waals surface area contributed by atoms with Gasteiger partial charge in [-0.3, -0.25) is 0 Å². The van der Waals surface area contributed by atoms with E-state index < -0.39 is 22.4 Å². The number of carbonyl (C=O) groups is 2. The molecule has 7 heteroatoms. The number of carbonyl (C=O) groups excluding carboxylic acids is 2. The van der Waals surface area contributed by atoms with Crippen LogP contribution in [0.25, 0.3) is 0 Å². The van der Waals surface area contributed by atoms with E-state index >= 15 is 0 Å². The van der Waals surface area contributed by atoms with Crippen molar-refractivity contribution in [1.29, 1.82) is 0 Å². The number of rotatable bonds is 4. The molecule has 0 radical (unpaired) electrons. The first-order valence-corrected chi connectivity index (χ1v) is 3.96. The van der Waals surface area contributed by atoms with Crippen LogP contribution in [-0.2, 0) is 9.59 Å². The van der Waals surface area contributed by atoms with Crippen LogP contribution in [0.2, 0.25) is 0 Å². The molecule has 64 valence electrons. The molecule has 0 fully saturated rings. The van der Waals surface area contributed by atoms with E-state index in [1.165, 1.54) is 13.8 Å². The molecule has 0 aromatic heterocycles. The summed E-state index contributed by atoms with van der Waals surface area (Å²) in [5, 5.41) is 18.6. The van der Waals surface area contributed by atoms with Crippen LogP contribution in [-0.4, -0.2) is 22.4 Å². The number of carboxylic acid groups (broad SMARTS) is 2. The molecule has 0 aromatic rings. The average Bonchev–Trinajstić information content (AvgIpc) is 1.87. The minimum Gasteiger partial charge on any atom is -0.549 e. The van der Waals surface area contributed by atoms with Crippen LogP contribution in [0.1, 0.15) is 13.8 Å². The number of hydrogen-bond donors (Lipinski definition) is 0. The maximum absolute atomic E-state index is 10.1. The van der Waals surface area contributed by atoms with Crippen molar-refractivity contribution in [3.8, 4) is 0 Å². The number of carboxylic acids is 2. The van der Waals surface area contributed by atoms with E-state index in [0.29, 0.717) is 0 Å². The third kappa shape index (κ3) is 10.8. The molecule has 0 saturated carbocycles. The fourth-order valence-corrected chi connectivity index (χ4v) is 1.25. The van der Waals surface area contributed by atoms with Gasteiger partial charge in [0.05, 0.1) is 11.9 Å². The fraction of sp³-hybridized carbons (Fsp3) is 0.667. The molecule has 0 amide bonds. The largest absolute Gasteiger partial charge is 1.00 e. The van der Waals surface area contributed by atoms with Gasteiger partial charge in [-0.05, 0) is 13.8 Å². The Kier molecular flexibility index (Phi) is 17.8. The molecule has 2 unspecified atom stereocenters. The average molecular weight is 254 g/mol. The molecule has 0 aliphatic rings. The van der Waals surface area contributed by atoms with Gasteiger partial charge in [0.15, 0.2) is 0 Å².